The van der Waals surface area contributed by atoms with Crippen LogP contribution >= 0.6 is 11.6 Å². The molecule has 0 aliphatic rings. The molecule has 0 spiro atoms. The first-order valence-corrected chi connectivity index (χ1v) is 8.51. The molecule has 124 valence electrons. The number of para-hydroxylation sites is 1. The predicted molar refractivity (Wildman–Crippen MR) is 86.7 cm³/mol. The third-order valence-electron chi connectivity index (χ3n) is 2.43. The van der Waals surface area contributed by atoms with Crippen molar-refractivity contribution in [3.63, 3.8) is 0 Å². The van der Waals surface area contributed by atoms with Gasteiger partial charge in [0.05, 0.1) is 6.26 Å². The van der Waals surface area contributed by atoms with Crippen molar-refractivity contribution in [2.45, 2.75) is 6.61 Å². The van der Waals surface area contributed by atoms with Crippen molar-refractivity contribution in [2.75, 3.05) is 6.26 Å². The predicted octanol–water partition coefficient (Wildman–Crippen LogP) is 3.12. The van der Waals surface area contributed by atoms with Crippen molar-refractivity contribution in [1.82, 2.24) is 0 Å². The zero-order valence-electron chi connectivity index (χ0n) is 12.1. The van der Waals surface area contributed by atoms with Crippen LogP contribution in [-0.4, -0.2) is 30.3 Å². The van der Waals surface area contributed by atoms with Gasteiger partial charge in [0, 0.05) is 5.02 Å². The highest BCUT2D eigenvalue weighted by molar-refractivity contribution is 7.85. The second kappa shape index (κ2) is 8.52. The van der Waals surface area contributed by atoms with Crippen LogP contribution in [0.25, 0.3) is 0 Å². The van der Waals surface area contributed by atoms with E-state index in [0.29, 0.717) is 23.6 Å². The van der Waals surface area contributed by atoms with Crippen molar-refractivity contribution in [3.05, 3.63) is 64.7 Å². The molecule has 0 aliphatic heterocycles. The Bertz CT molecular complexity index is 748. The van der Waals surface area contributed by atoms with E-state index >= 15 is 0 Å². The van der Waals surface area contributed by atoms with Gasteiger partial charge in [-0.05, 0) is 29.8 Å². The molecule has 0 saturated heterocycles. The van der Waals surface area contributed by atoms with Gasteiger partial charge in [-0.2, -0.15) is 8.42 Å². The van der Waals surface area contributed by atoms with E-state index in [-0.39, 0.29) is 5.56 Å². The first-order chi connectivity index (χ1) is 10.7. The molecule has 0 radical (unpaired) electrons. The van der Waals surface area contributed by atoms with Crippen LogP contribution in [0.4, 0.5) is 0 Å². The number of carboxylic acids is 1. The molecule has 8 heteroatoms. The summed E-state index contributed by atoms with van der Waals surface area (Å²) in [5.41, 5.74) is 1.09. The minimum Gasteiger partial charge on any atom is -0.488 e. The van der Waals surface area contributed by atoms with Crippen LogP contribution < -0.4 is 4.74 Å². The highest BCUT2D eigenvalue weighted by Gasteiger charge is 2.09. The summed E-state index contributed by atoms with van der Waals surface area (Å²) >= 11 is 5.78. The third kappa shape index (κ3) is 8.20. The minimum atomic E-state index is -3.67. The summed E-state index contributed by atoms with van der Waals surface area (Å²) in [6, 6.07) is 13.8. The number of halogens is 1. The molecule has 2 rings (SSSR count). The molecule has 0 saturated carbocycles. The standard InChI is InChI=1S/C14H11ClO3.CH4O3S/c15-11-7-5-10(6-8-11)9-18-13-4-2-1-3-12(13)14(16)17;1-5(2,3)4/h1-8H,9H2,(H,16,17);1H3,(H,2,3,4). The minimum absolute atomic E-state index is 0.159. The van der Waals surface area contributed by atoms with Crippen LogP contribution in [0.5, 0.6) is 5.75 Å². The van der Waals surface area contributed by atoms with E-state index in [4.69, 9.17) is 26.0 Å². The van der Waals surface area contributed by atoms with Crippen LogP contribution in [0.3, 0.4) is 0 Å². The molecule has 2 aromatic carbocycles. The highest BCUT2D eigenvalue weighted by atomic mass is 35.5. The molecule has 23 heavy (non-hydrogen) atoms. The molecule has 0 amide bonds. The maximum absolute atomic E-state index is 11.0. The molecular formula is C15H15ClO6S. The van der Waals surface area contributed by atoms with E-state index in [2.05, 4.69) is 0 Å². The summed E-state index contributed by atoms with van der Waals surface area (Å²) in [6.07, 6.45) is 0.715. The zero-order chi connectivity index (χ0) is 17.5. The average Bonchev–Trinajstić information content (AvgIpc) is 2.45. The normalized spacial score (nSPS) is 10.4. The lowest BCUT2D eigenvalue weighted by Gasteiger charge is -2.08. The Labute approximate surface area is 139 Å². The fourth-order valence-electron chi connectivity index (χ4n) is 1.51. The van der Waals surface area contributed by atoms with Crippen LogP contribution in [0.15, 0.2) is 48.5 Å². The van der Waals surface area contributed by atoms with Gasteiger partial charge in [-0.25, -0.2) is 4.79 Å². The Morgan fingerprint density at radius 3 is 2.17 bits per heavy atom. The van der Waals surface area contributed by atoms with Crippen molar-refractivity contribution < 1.29 is 27.6 Å². The zero-order valence-corrected chi connectivity index (χ0v) is 13.7. The fourth-order valence-corrected chi connectivity index (χ4v) is 1.64. The topological polar surface area (TPSA) is 101 Å². The Morgan fingerprint density at radius 1 is 1.13 bits per heavy atom. The Kier molecular flexibility index (Phi) is 7.02. The molecule has 0 heterocycles. The van der Waals surface area contributed by atoms with Gasteiger partial charge in [0.15, 0.2) is 0 Å². The molecule has 2 aromatic rings. The van der Waals surface area contributed by atoms with Gasteiger partial charge in [0.25, 0.3) is 10.1 Å². The van der Waals surface area contributed by atoms with E-state index in [9.17, 15) is 13.2 Å². The maximum Gasteiger partial charge on any atom is 0.339 e. The second-order valence-corrected chi connectivity index (χ2v) is 6.35. The molecule has 0 aliphatic carbocycles. The molecular weight excluding hydrogens is 344 g/mol. The maximum atomic E-state index is 11.0. The number of carboxylic acid groups (broad SMARTS) is 1. The van der Waals surface area contributed by atoms with Gasteiger partial charge < -0.3 is 9.84 Å². The number of aromatic carboxylic acids is 1. The van der Waals surface area contributed by atoms with E-state index < -0.39 is 16.1 Å². The monoisotopic (exact) mass is 358 g/mol. The lowest BCUT2D eigenvalue weighted by atomic mass is 10.2. The Hall–Kier alpha value is -2.09. The number of hydrogen-bond donors (Lipinski definition) is 2. The second-order valence-electron chi connectivity index (χ2n) is 4.45. The SMILES string of the molecule is CS(=O)(=O)O.O=C(O)c1ccccc1OCc1ccc(Cl)cc1. The average molecular weight is 359 g/mol. The van der Waals surface area contributed by atoms with E-state index in [1.54, 1.807) is 30.3 Å². The lowest BCUT2D eigenvalue weighted by Crippen LogP contribution is -2.03. The molecule has 6 nitrogen and oxygen atoms in total. The van der Waals surface area contributed by atoms with Crippen LogP contribution in [0.1, 0.15) is 15.9 Å². The lowest BCUT2D eigenvalue weighted by molar-refractivity contribution is 0.0691. The molecule has 0 atom stereocenters. The number of carbonyl (C=O) groups is 1. The van der Waals surface area contributed by atoms with E-state index in [1.165, 1.54) is 6.07 Å². The molecule has 0 aromatic heterocycles. The molecule has 2 N–H and O–H groups in total. The number of hydrogen-bond acceptors (Lipinski definition) is 4. The van der Waals surface area contributed by atoms with Gasteiger partial charge >= 0.3 is 5.97 Å². The molecule has 0 unspecified atom stereocenters. The largest absolute Gasteiger partial charge is 0.488 e. The van der Waals surface area contributed by atoms with Gasteiger partial charge in [0.1, 0.15) is 17.9 Å². The summed E-state index contributed by atoms with van der Waals surface area (Å²) in [7, 11) is -3.67. The first kappa shape index (κ1) is 19.0. The van der Waals surface area contributed by atoms with Crippen molar-refractivity contribution in [1.29, 1.82) is 0 Å². The van der Waals surface area contributed by atoms with Crippen LogP contribution in [0, 0.1) is 0 Å². The van der Waals surface area contributed by atoms with Gasteiger partial charge in [-0.3, -0.25) is 4.55 Å². The van der Waals surface area contributed by atoms with Gasteiger partial charge in [-0.15, -0.1) is 0 Å². The van der Waals surface area contributed by atoms with Gasteiger partial charge in [0.2, 0.25) is 0 Å². The summed E-state index contributed by atoms with van der Waals surface area (Å²) in [5, 5.41) is 9.66. The summed E-state index contributed by atoms with van der Waals surface area (Å²) < 4.78 is 31.4. The number of benzene rings is 2. The van der Waals surface area contributed by atoms with E-state index in [1.807, 2.05) is 12.1 Å². The Morgan fingerprint density at radius 2 is 1.65 bits per heavy atom. The van der Waals surface area contributed by atoms with Crippen molar-refractivity contribution in [3.8, 4) is 5.75 Å². The summed E-state index contributed by atoms with van der Waals surface area (Å²) in [6.45, 7) is 0.307. The van der Waals surface area contributed by atoms with E-state index in [0.717, 1.165) is 5.56 Å². The highest BCUT2D eigenvalue weighted by Crippen LogP contribution is 2.19. The number of rotatable bonds is 4. The Balaban J connectivity index is 0.000000463. The van der Waals surface area contributed by atoms with Gasteiger partial charge in [-0.1, -0.05) is 35.9 Å². The quantitative estimate of drug-likeness (QED) is 0.814. The number of ether oxygens (including phenoxy) is 1. The summed E-state index contributed by atoms with van der Waals surface area (Å²) in [4.78, 5) is 11.0. The fraction of sp³-hybridized carbons (Fsp3) is 0.133. The molecule has 0 fully saturated rings. The first-order valence-electron chi connectivity index (χ1n) is 6.29. The molecule has 0 bridgehead atoms. The smallest absolute Gasteiger partial charge is 0.339 e. The third-order valence-corrected chi connectivity index (χ3v) is 2.68. The van der Waals surface area contributed by atoms with Crippen molar-refractivity contribution in [2.24, 2.45) is 0 Å². The summed E-state index contributed by atoms with van der Waals surface area (Å²) in [5.74, 6) is -0.637. The van der Waals surface area contributed by atoms with Crippen molar-refractivity contribution >= 4 is 27.7 Å². The van der Waals surface area contributed by atoms with Crippen LogP contribution in [0.2, 0.25) is 5.02 Å². The van der Waals surface area contributed by atoms with Crippen LogP contribution in [-0.2, 0) is 16.7 Å².